The minimum absolute atomic E-state index is 0.134. The third-order valence-electron chi connectivity index (χ3n) is 3.21. The van der Waals surface area contributed by atoms with E-state index in [-0.39, 0.29) is 10.8 Å². The Morgan fingerprint density at radius 1 is 1.05 bits per heavy atom. The van der Waals surface area contributed by atoms with Crippen LogP contribution in [-0.2, 0) is 15.6 Å². The molecule has 0 aliphatic rings. The molecule has 0 saturated carbocycles. The predicted octanol–water partition coefficient (Wildman–Crippen LogP) is 3.49. The fourth-order valence-electron chi connectivity index (χ4n) is 2.17. The van der Waals surface area contributed by atoms with Crippen LogP contribution in [-0.4, -0.2) is 11.0 Å². The van der Waals surface area contributed by atoms with Gasteiger partial charge in [0.25, 0.3) is 0 Å². The van der Waals surface area contributed by atoms with Crippen LogP contribution in [0.15, 0.2) is 18.2 Å². The van der Waals surface area contributed by atoms with Crippen molar-refractivity contribution in [1.82, 2.24) is 0 Å². The van der Waals surface area contributed by atoms with Gasteiger partial charge >= 0.3 is 0 Å². The lowest BCUT2D eigenvalue weighted by Gasteiger charge is -2.27. The molecule has 0 aliphatic carbocycles. The van der Waals surface area contributed by atoms with Crippen molar-refractivity contribution < 1.29 is 9.90 Å². The van der Waals surface area contributed by atoms with Gasteiger partial charge in [-0.25, -0.2) is 0 Å². The third-order valence-corrected chi connectivity index (χ3v) is 3.21. The molecule has 1 aromatic carbocycles. The summed E-state index contributed by atoms with van der Waals surface area (Å²) < 4.78 is 0. The number of hydrogen-bond acceptors (Lipinski definition) is 2. The number of phenols is 1. The number of nitrogens with two attached hydrogens (primary N) is 1. The van der Waals surface area contributed by atoms with Crippen LogP contribution >= 0.6 is 0 Å². The average molecular weight is 275 g/mol. The number of benzene rings is 1. The predicted molar refractivity (Wildman–Crippen MR) is 83.7 cm³/mol. The number of carbonyl (C=O) groups is 1. The van der Waals surface area contributed by atoms with E-state index in [1.807, 2.05) is 26.8 Å². The van der Waals surface area contributed by atoms with E-state index in [1.54, 1.807) is 12.1 Å². The van der Waals surface area contributed by atoms with Gasteiger partial charge in [0.1, 0.15) is 5.75 Å². The first-order chi connectivity index (χ1) is 8.93. The molecule has 1 rings (SSSR count). The largest absolute Gasteiger partial charge is 0.508 e. The Labute approximate surface area is 121 Å². The minimum atomic E-state index is -0.477. The highest BCUT2D eigenvalue weighted by atomic mass is 16.3. The molecule has 0 radical (unpaired) electrons. The fraction of sp³-hybridized carbons (Fsp3) is 0.471. The van der Waals surface area contributed by atoms with E-state index in [0.717, 1.165) is 16.7 Å². The number of aromatic hydroxyl groups is 1. The van der Waals surface area contributed by atoms with E-state index in [1.165, 1.54) is 6.08 Å². The van der Waals surface area contributed by atoms with E-state index < -0.39 is 5.91 Å². The Hall–Kier alpha value is -1.77. The molecule has 1 aromatic rings. The zero-order valence-corrected chi connectivity index (χ0v) is 13.2. The topological polar surface area (TPSA) is 63.3 Å². The highest BCUT2D eigenvalue weighted by Gasteiger charge is 2.24. The van der Waals surface area contributed by atoms with Crippen molar-refractivity contribution in [3.8, 4) is 5.75 Å². The quantitative estimate of drug-likeness (QED) is 0.812. The summed E-state index contributed by atoms with van der Waals surface area (Å²) in [5, 5.41) is 10.3. The molecular formula is C17H25NO2. The van der Waals surface area contributed by atoms with Crippen molar-refractivity contribution in [3.05, 3.63) is 34.9 Å². The van der Waals surface area contributed by atoms with E-state index in [2.05, 4.69) is 20.8 Å². The molecular weight excluding hydrogens is 250 g/mol. The third kappa shape index (κ3) is 3.86. The van der Waals surface area contributed by atoms with Gasteiger partial charge in [0.05, 0.1) is 0 Å². The van der Waals surface area contributed by atoms with Gasteiger partial charge in [-0.2, -0.15) is 0 Å². The fourth-order valence-corrected chi connectivity index (χ4v) is 2.17. The first-order valence-corrected chi connectivity index (χ1v) is 6.78. The van der Waals surface area contributed by atoms with Gasteiger partial charge in [-0.05, 0) is 45.7 Å². The van der Waals surface area contributed by atoms with Crippen molar-refractivity contribution in [2.45, 2.75) is 52.4 Å². The highest BCUT2D eigenvalue weighted by molar-refractivity contribution is 5.90. The summed E-state index contributed by atoms with van der Waals surface area (Å²) in [7, 11) is 0. The summed E-state index contributed by atoms with van der Waals surface area (Å²) in [5.74, 6) is -0.186. The maximum atomic E-state index is 11.0. The second-order valence-corrected chi connectivity index (χ2v) is 7.19. The summed E-state index contributed by atoms with van der Waals surface area (Å²) in [6, 6.07) is 3.73. The summed E-state index contributed by atoms with van der Waals surface area (Å²) in [4.78, 5) is 11.0. The SMILES string of the molecule is CC(C)(C)c1cc(C=CC(N)=O)c(C(C)(C)C)cc1O. The van der Waals surface area contributed by atoms with Gasteiger partial charge in [0, 0.05) is 6.08 Å². The van der Waals surface area contributed by atoms with Gasteiger partial charge in [-0.15, -0.1) is 0 Å². The van der Waals surface area contributed by atoms with E-state index in [0.29, 0.717) is 5.75 Å². The molecule has 0 bridgehead atoms. The second-order valence-electron chi connectivity index (χ2n) is 7.19. The second kappa shape index (κ2) is 5.31. The molecule has 0 unspecified atom stereocenters. The van der Waals surface area contributed by atoms with E-state index in [9.17, 15) is 9.90 Å². The maximum Gasteiger partial charge on any atom is 0.241 e. The van der Waals surface area contributed by atoms with Gasteiger partial charge < -0.3 is 10.8 Å². The summed E-state index contributed by atoms with van der Waals surface area (Å²) >= 11 is 0. The van der Waals surface area contributed by atoms with Crippen molar-refractivity contribution in [3.63, 3.8) is 0 Å². The molecule has 0 spiro atoms. The normalized spacial score (nSPS) is 12.9. The molecule has 0 aromatic heterocycles. The summed E-state index contributed by atoms with van der Waals surface area (Å²) in [6.07, 6.45) is 3.08. The number of rotatable bonds is 2. The molecule has 0 aliphatic heterocycles. The number of amides is 1. The first kappa shape index (κ1) is 16.3. The smallest absolute Gasteiger partial charge is 0.241 e. The van der Waals surface area contributed by atoms with Gasteiger partial charge in [0.2, 0.25) is 5.91 Å². The van der Waals surface area contributed by atoms with Gasteiger partial charge in [-0.3, -0.25) is 4.79 Å². The summed E-state index contributed by atoms with van der Waals surface area (Å²) in [5.41, 5.74) is 7.63. The minimum Gasteiger partial charge on any atom is -0.508 e. The van der Waals surface area contributed by atoms with Crippen LogP contribution in [0.3, 0.4) is 0 Å². The van der Waals surface area contributed by atoms with Crippen LogP contribution in [0.4, 0.5) is 0 Å². The molecule has 0 heterocycles. The number of phenolic OH excluding ortho intramolecular Hbond substituents is 1. The lowest BCUT2D eigenvalue weighted by molar-refractivity contribution is -0.113. The van der Waals surface area contributed by atoms with Gasteiger partial charge in [0.15, 0.2) is 0 Å². The Balaban J connectivity index is 3.54. The van der Waals surface area contributed by atoms with Crippen molar-refractivity contribution >= 4 is 12.0 Å². The molecule has 3 heteroatoms. The van der Waals surface area contributed by atoms with Crippen molar-refractivity contribution in [2.24, 2.45) is 5.73 Å². The first-order valence-electron chi connectivity index (χ1n) is 6.78. The highest BCUT2D eigenvalue weighted by Crippen LogP contribution is 2.37. The van der Waals surface area contributed by atoms with Crippen LogP contribution in [0.25, 0.3) is 6.08 Å². The van der Waals surface area contributed by atoms with Crippen LogP contribution < -0.4 is 5.73 Å². The van der Waals surface area contributed by atoms with Crippen molar-refractivity contribution in [2.75, 3.05) is 0 Å². The maximum absolute atomic E-state index is 11.0. The summed E-state index contributed by atoms with van der Waals surface area (Å²) in [6.45, 7) is 12.3. The van der Waals surface area contributed by atoms with Crippen LogP contribution in [0.2, 0.25) is 0 Å². The average Bonchev–Trinajstić information content (AvgIpc) is 2.23. The standard InChI is InChI=1S/C17H25NO2/c1-16(2,3)12-10-14(19)13(17(4,5)6)9-11(12)7-8-15(18)20/h7-10,19H,1-6H3,(H2,18,20). The Morgan fingerprint density at radius 2 is 1.55 bits per heavy atom. The Kier molecular flexibility index (Phi) is 4.33. The number of hydrogen-bond donors (Lipinski definition) is 2. The molecule has 3 nitrogen and oxygen atoms in total. The zero-order valence-electron chi connectivity index (χ0n) is 13.2. The number of primary amides is 1. The Morgan fingerprint density at radius 3 is 1.95 bits per heavy atom. The molecule has 3 N–H and O–H groups in total. The lowest BCUT2D eigenvalue weighted by atomic mass is 9.78. The number of carbonyl (C=O) groups excluding carboxylic acids is 1. The Bertz CT molecular complexity index is 543. The lowest BCUT2D eigenvalue weighted by Crippen LogP contribution is -2.17. The molecule has 0 atom stereocenters. The van der Waals surface area contributed by atoms with Crippen molar-refractivity contribution in [1.29, 1.82) is 0 Å². The molecule has 0 fully saturated rings. The zero-order chi connectivity index (χ0) is 15.7. The molecule has 0 saturated heterocycles. The molecule has 20 heavy (non-hydrogen) atoms. The monoisotopic (exact) mass is 275 g/mol. The van der Waals surface area contributed by atoms with E-state index >= 15 is 0 Å². The molecule has 1 amide bonds. The molecule has 110 valence electrons. The van der Waals surface area contributed by atoms with Gasteiger partial charge in [-0.1, -0.05) is 41.5 Å². The van der Waals surface area contributed by atoms with Crippen LogP contribution in [0.1, 0.15) is 58.2 Å². The van der Waals surface area contributed by atoms with E-state index in [4.69, 9.17) is 5.73 Å². The van der Waals surface area contributed by atoms with Crippen LogP contribution in [0, 0.1) is 0 Å². The van der Waals surface area contributed by atoms with Crippen LogP contribution in [0.5, 0.6) is 5.75 Å².